The third-order valence-electron chi connectivity index (χ3n) is 2.22. The van der Waals surface area contributed by atoms with Crippen LogP contribution in [0.2, 0.25) is 0 Å². The van der Waals surface area contributed by atoms with Crippen molar-refractivity contribution >= 4 is 0 Å². The topological polar surface area (TPSA) is 62.7 Å². The summed E-state index contributed by atoms with van der Waals surface area (Å²) in [5, 5.41) is 16.3. The summed E-state index contributed by atoms with van der Waals surface area (Å²) < 4.78 is 5.44. The smallest absolute Gasteiger partial charge is 0.247 e. The molecule has 0 amide bonds. The molecule has 0 aliphatic heterocycles. The van der Waals surface area contributed by atoms with Crippen molar-refractivity contribution in [3.8, 4) is 17.5 Å². The average Bonchev–Trinajstić information content (AvgIpc) is 2.76. The monoisotopic (exact) mass is 213 g/mol. The molecule has 0 saturated heterocycles. The summed E-state index contributed by atoms with van der Waals surface area (Å²) in [6.45, 7) is 2.02. The van der Waals surface area contributed by atoms with Gasteiger partial charge < -0.3 is 4.42 Å². The summed E-state index contributed by atoms with van der Waals surface area (Å²) in [4.78, 5) is 0. The Hall–Kier alpha value is -2.15. The van der Waals surface area contributed by atoms with Gasteiger partial charge in [-0.05, 0) is 19.1 Å². The van der Waals surface area contributed by atoms with Crippen LogP contribution in [0, 0.1) is 18.3 Å². The SMILES string of the molecule is Cc1ccc(-c2nnc(CCC#N)o2)cc1. The molecule has 1 heterocycles. The van der Waals surface area contributed by atoms with Gasteiger partial charge in [-0.3, -0.25) is 0 Å². The molecule has 0 fully saturated rings. The summed E-state index contributed by atoms with van der Waals surface area (Å²) in [5.74, 6) is 1.02. The highest BCUT2D eigenvalue weighted by Crippen LogP contribution is 2.18. The number of aromatic nitrogens is 2. The lowest BCUT2D eigenvalue weighted by molar-refractivity contribution is 0.507. The van der Waals surface area contributed by atoms with E-state index in [1.54, 1.807) is 0 Å². The largest absolute Gasteiger partial charge is 0.421 e. The first-order valence-corrected chi connectivity index (χ1v) is 5.06. The van der Waals surface area contributed by atoms with E-state index in [2.05, 4.69) is 10.2 Å². The molecule has 0 spiro atoms. The first-order valence-electron chi connectivity index (χ1n) is 5.06. The highest BCUT2D eigenvalue weighted by atomic mass is 16.4. The predicted molar refractivity (Wildman–Crippen MR) is 58.4 cm³/mol. The zero-order chi connectivity index (χ0) is 11.4. The Morgan fingerprint density at radius 1 is 1.25 bits per heavy atom. The standard InChI is InChI=1S/C12H11N3O/c1-9-4-6-10(7-5-9)12-15-14-11(16-12)3-2-8-13/h4-7H,2-3H2,1H3. The fourth-order valence-corrected chi connectivity index (χ4v) is 1.33. The van der Waals surface area contributed by atoms with Crippen molar-refractivity contribution < 1.29 is 4.42 Å². The zero-order valence-corrected chi connectivity index (χ0v) is 8.97. The van der Waals surface area contributed by atoms with Crippen LogP contribution in [0.3, 0.4) is 0 Å². The Kier molecular flexibility index (Phi) is 2.97. The van der Waals surface area contributed by atoms with Crippen molar-refractivity contribution in [1.82, 2.24) is 10.2 Å². The minimum Gasteiger partial charge on any atom is -0.421 e. The quantitative estimate of drug-likeness (QED) is 0.785. The van der Waals surface area contributed by atoms with Gasteiger partial charge in [-0.25, -0.2) is 0 Å². The number of nitrogens with zero attached hydrogens (tertiary/aromatic N) is 3. The molecule has 0 radical (unpaired) electrons. The van der Waals surface area contributed by atoms with Crippen LogP contribution >= 0.6 is 0 Å². The second-order valence-corrected chi connectivity index (χ2v) is 3.53. The molecule has 0 N–H and O–H groups in total. The Morgan fingerprint density at radius 3 is 2.69 bits per heavy atom. The average molecular weight is 213 g/mol. The van der Waals surface area contributed by atoms with E-state index in [-0.39, 0.29) is 0 Å². The van der Waals surface area contributed by atoms with Crippen LogP contribution in [-0.4, -0.2) is 10.2 Å². The fourth-order valence-electron chi connectivity index (χ4n) is 1.33. The lowest BCUT2D eigenvalue weighted by Gasteiger charge is -1.94. The van der Waals surface area contributed by atoms with Gasteiger partial charge in [-0.2, -0.15) is 5.26 Å². The molecule has 2 aromatic rings. The fraction of sp³-hybridized carbons (Fsp3) is 0.250. The predicted octanol–water partition coefficient (Wildman–Crippen LogP) is 2.50. The second-order valence-electron chi connectivity index (χ2n) is 3.53. The first kappa shape index (κ1) is 10.4. The number of nitriles is 1. The lowest BCUT2D eigenvalue weighted by Crippen LogP contribution is -1.82. The summed E-state index contributed by atoms with van der Waals surface area (Å²) in [6, 6.07) is 9.92. The molecule has 2 rings (SSSR count). The molecule has 0 saturated carbocycles. The van der Waals surface area contributed by atoms with Gasteiger partial charge in [-0.15, -0.1) is 10.2 Å². The van der Waals surface area contributed by atoms with Gasteiger partial charge in [0, 0.05) is 18.4 Å². The summed E-state index contributed by atoms with van der Waals surface area (Å²) in [6.07, 6.45) is 0.908. The minimum absolute atomic E-state index is 0.398. The van der Waals surface area contributed by atoms with Crippen LogP contribution < -0.4 is 0 Å². The number of hydrogen-bond donors (Lipinski definition) is 0. The van der Waals surface area contributed by atoms with E-state index in [0.29, 0.717) is 24.6 Å². The summed E-state index contributed by atoms with van der Waals surface area (Å²) >= 11 is 0. The molecule has 80 valence electrons. The Balaban J connectivity index is 2.18. The van der Waals surface area contributed by atoms with Crippen LogP contribution in [0.15, 0.2) is 28.7 Å². The molecule has 4 nitrogen and oxygen atoms in total. The van der Waals surface area contributed by atoms with E-state index in [1.165, 1.54) is 5.56 Å². The van der Waals surface area contributed by atoms with Crippen LogP contribution in [0.4, 0.5) is 0 Å². The van der Waals surface area contributed by atoms with Crippen molar-refractivity contribution in [3.05, 3.63) is 35.7 Å². The molecular weight excluding hydrogens is 202 g/mol. The van der Waals surface area contributed by atoms with Crippen molar-refractivity contribution in [2.24, 2.45) is 0 Å². The number of benzene rings is 1. The third-order valence-corrected chi connectivity index (χ3v) is 2.22. The maximum absolute atomic E-state index is 8.44. The molecular formula is C12H11N3O. The molecule has 0 atom stereocenters. The van der Waals surface area contributed by atoms with E-state index in [4.69, 9.17) is 9.68 Å². The molecule has 0 aliphatic rings. The van der Waals surface area contributed by atoms with Gasteiger partial charge in [0.15, 0.2) is 0 Å². The molecule has 0 bridgehead atoms. The minimum atomic E-state index is 0.398. The molecule has 16 heavy (non-hydrogen) atoms. The Bertz CT molecular complexity index is 508. The van der Waals surface area contributed by atoms with Gasteiger partial charge >= 0.3 is 0 Å². The Morgan fingerprint density at radius 2 is 2.00 bits per heavy atom. The van der Waals surface area contributed by atoms with Crippen molar-refractivity contribution in [2.45, 2.75) is 19.8 Å². The van der Waals surface area contributed by atoms with E-state index >= 15 is 0 Å². The van der Waals surface area contributed by atoms with Crippen molar-refractivity contribution in [1.29, 1.82) is 5.26 Å². The number of aryl methyl sites for hydroxylation is 2. The normalized spacial score (nSPS) is 10.0. The highest BCUT2D eigenvalue weighted by molar-refractivity contribution is 5.52. The highest BCUT2D eigenvalue weighted by Gasteiger charge is 2.07. The molecule has 0 unspecified atom stereocenters. The molecule has 4 heteroatoms. The molecule has 1 aromatic heterocycles. The van der Waals surface area contributed by atoms with E-state index in [0.717, 1.165) is 5.56 Å². The van der Waals surface area contributed by atoms with E-state index in [9.17, 15) is 0 Å². The Labute approximate surface area is 93.5 Å². The van der Waals surface area contributed by atoms with Gasteiger partial charge in [0.05, 0.1) is 6.07 Å². The maximum atomic E-state index is 8.44. The molecule has 0 aliphatic carbocycles. The van der Waals surface area contributed by atoms with E-state index in [1.807, 2.05) is 37.3 Å². The van der Waals surface area contributed by atoms with Crippen LogP contribution in [-0.2, 0) is 6.42 Å². The van der Waals surface area contributed by atoms with Gasteiger partial charge in [0.25, 0.3) is 0 Å². The number of hydrogen-bond acceptors (Lipinski definition) is 4. The second kappa shape index (κ2) is 4.58. The van der Waals surface area contributed by atoms with Crippen LogP contribution in [0.5, 0.6) is 0 Å². The van der Waals surface area contributed by atoms with Crippen molar-refractivity contribution in [3.63, 3.8) is 0 Å². The first-order chi connectivity index (χ1) is 7.79. The third kappa shape index (κ3) is 2.26. The molecule has 1 aromatic carbocycles. The maximum Gasteiger partial charge on any atom is 0.247 e. The summed E-state index contributed by atoms with van der Waals surface area (Å²) in [7, 11) is 0. The van der Waals surface area contributed by atoms with Gasteiger partial charge in [0.1, 0.15) is 0 Å². The summed E-state index contributed by atoms with van der Waals surface area (Å²) in [5.41, 5.74) is 2.09. The van der Waals surface area contributed by atoms with Crippen LogP contribution in [0.25, 0.3) is 11.5 Å². The van der Waals surface area contributed by atoms with E-state index < -0.39 is 0 Å². The van der Waals surface area contributed by atoms with Crippen molar-refractivity contribution in [2.75, 3.05) is 0 Å². The zero-order valence-electron chi connectivity index (χ0n) is 8.97. The van der Waals surface area contributed by atoms with Crippen LogP contribution in [0.1, 0.15) is 17.9 Å². The van der Waals surface area contributed by atoms with Gasteiger partial charge in [-0.1, -0.05) is 17.7 Å². The van der Waals surface area contributed by atoms with Gasteiger partial charge in [0.2, 0.25) is 11.8 Å². The number of rotatable bonds is 3. The lowest BCUT2D eigenvalue weighted by atomic mass is 10.1.